The van der Waals surface area contributed by atoms with Crippen molar-refractivity contribution in [3.63, 3.8) is 0 Å². The normalized spacial score (nSPS) is 23.8. The van der Waals surface area contributed by atoms with Gasteiger partial charge in [-0.15, -0.1) is 0 Å². The van der Waals surface area contributed by atoms with Crippen LogP contribution in [0.2, 0.25) is 0 Å². The van der Waals surface area contributed by atoms with Crippen LogP contribution in [0.3, 0.4) is 0 Å². The topological polar surface area (TPSA) is 78.9 Å². The summed E-state index contributed by atoms with van der Waals surface area (Å²) in [5.74, 6) is 0.458. The van der Waals surface area contributed by atoms with Crippen LogP contribution in [0.5, 0.6) is 0 Å². The highest BCUT2D eigenvalue weighted by Gasteiger charge is 2.37. The molecule has 3 rings (SSSR count). The molecule has 1 aromatic rings. The highest BCUT2D eigenvalue weighted by molar-refractivity contribution is 5.93. The lowest BCUT2D eigenvalue weighted by molar-refractivity contribution is -0.161. The van der Waals surface area contributed by atoms with Crippen molar-refractivity contribution in [1.29, 1.82) is 0 Å². The summed E-state index contributed by atoms with van der Waals surface area (Å²) in [7, 11) is 0. The number of aliphatic hydroxyl groups is 1. The van der Waals surface area contributed by atoms with Crippen molar-refractivity contribution in [2.24, 2.45) is 11.8 Å². The third-order valence-electron chi connectivity index (χ3n) is 5.19. The van der Waals surface area contributed by atoms with E-state index in [1.807, 2.05) is 38.1 Å². The summed E-state index contributed by atoms with van der Waals surface area (Å²) >= 11 is 0. The van der Waals surface area contributed by atoms with Crippen molar-refractivity contribution >= 4 is 17.5 Å². The molecule has 0 radical (unpaired) electrons. The number of aliphatic hydroxyl groups excluding tert-OH is 1. The fourth-order valence-electron chi connectivity index (χ4n) is 3.52. The van der Waals surface area contributed by atoms with E-state index in [0.29, 0.717) is 12.5 Å². The van der Waals surface area contributed by atoms with Gasteiger partial charge in [0.15, 0.2) is 0 Å². The third-order valence-corrected chi connectivity index (χ3v) is 5.19. The van der Waals surface area contributed by atoms with E-state index < -0.39 is 6.04 Å². The van der Waals surface area contributed by atoms with E-state index in [0.717, 1.165) is 30.5 Å². The van der Waals surface area contributed by atoms with Crippen LogP contribution in [-0.4, -0.2) is 47.6 Å². The highest BCUT2D eigenvalue weighted by atomic mass is 16.5. The van der Waals surface area contributed by atoms with Crippen LogP contribution in [0.25, 0.3) is 0 Å². The van der Waals surface area contributed by atoms with E-state index in [2.05, 4.69) is 5.32 Å². The maximum absolute atomic E-state index is 12.2. The van der Waals surface area contributed by atoms with Gasteiger partial charge in [0.05, 0.1) is 12.6 Å². The van der Waals surface area contributed by atoms with E-state index in [1.165, 1.54) is 0 Å². The molecule has 26 heavy (non-hydrogen) atoms. The summed E-state index contributed by atoms with van der Waals surface area (Å²) in [5, 5.41) is 12.8. The fraction of sp³-hybridized carbons (Fsp3) is 0.600. The van der Waals surface area contributed by atoms with Gasteiger partial charge in [0.1, 0.15) is 12.7 Å². The van der Waals surface area contributed by atoms with Crippen molar-refractivity contribution < 1.29 is 19.4 Å². The Bertz CT molecular complexity index is 640. The first-order valence-electron chi connectivity index (χ1n) is 9.42. The van der Waals surface area contributed by atoms with Gasteiger partial charge in [-0.25, -0.2) is 0 Å². The predicted octanol–water partition coefficient (Wildman–Crippen LogP) is 2.34. The molecule has 1 aliphatic heterocycles. The van der Waals surface area contributed by atoms with Crippen LogP contribution in [0.15, 0.2) is 24.3 Å². The zero-order valence-electron chi connectivity index (χ0n) is 15.5. The molecule has 6 nitrogen and oxygen atoms in total. The first-order valence-corrected chi connectivity index (χ1v) is 9.42. The van der Waals surface area contributed by atoms with E-state index in [9.17, 15) is 14.7 Å². The molecule has 2 aliphatic rings. The van der Waals surface area contributed by atoms with Gasteiger partial charge < -0.3 is 20.1 Å². The molecular weight excluding hydrogens is 332 g/mol. The number of ether oxygens (including phenoxy) is 1. The van der Waals surface area contributed by atoms with Crippen LogP contribution < -0.4 is 5.32 Å². The molecule has 0 aromatic heterocycles. The largest absolute Gasteiger partial charge is 0.394 e. The molecule has 0 spiro atoms. The minimum atomic E-state index is -0.394. The lowest BCUT2D eigenvalue weighted by Crippen LogP contribution is -2.53. The van der Waals surface area contributed by atoms with Gasteiger partial charge in [-0.1, -0.05) is 32.4 Å². The summed E-state index contributed by atoms with van der Waals surface area (Å²) in [5.41, 5.74) is 1.66. The Morgan fingerprint density at radius 2 is 2.00 bits per heavy atom. The molecule has 1 aromatic carbocycles. The van der Waals surface area contributed by atoms with Gasteiger partial charge in [-0.05, 0) is 36.5 Å². The summed E-state index contributed by atoms with van der Waals surface area (Å²) in [6.45, 7) is 4.56. The van der Waals surface area contributed by atoms with Crippen LogP contribution in [0.1, 0.15) is 44.8 Å². The second kappa shape index (κ2) is 8.18. The predicted molar refractivity (Wildman–Crippen MR) is 98.5 cm³/mol. The average molecular weight is 360 g/mol. The van der Waals surface area contributed by atoms with Gasteiger partial charge in [0.2, 0.25) is 11.8 Å². The van der Waals surface area contributed by atoms with Gasteiger partial charge in [0, 0.05) is 18.2 Å². The molecule has 2 fully saturated rings. The monoisotopic (exact) mass is 360 g/mol. The lowest BCUT2D eigenvalue weighted by atomic mass is 9.85. The maximum Gasteiger partial charge on any atom is 0.249 e. The van der Waals surface area contributed by atoms with E-state index in [4.69, 9.17) is 4.74 Å². The Hall–Kier alpha value is -1.92. The third kappa shape index (κ3) is 4.07. The number of nitrogens with zero attached hydrogens (tertiary/aromatic N) is 1. The quantitative estimate of drug-likeness (QED) is 0.816. The number of carbonyl (C=O) groups excluding carboxylic acids is 2. The van der Waals surface area contributed by atoms with Crippen LogP contribution in [-0.2, 0) is 14.3 Å². The van der Waals surface area contributed by atoms with Crippen molar-refractivity contribution in [2.45, 2.75) is 45.3 Å². The number of nitrogens with one attached hydrogen (secondary N) is 1. The second-order valence-corrected chi connectivity index (χ2v) is 7.66. The average Bonchev–Trinajstić information content (AvgIpc) is 2.55. The Labute approximate surface area is 154 Å². The SMILES string of the molecule is CC(C)CN1C(=O)CO[C@H](c2ccc(NC(=O)C3CCC3)cc2)[C@H]1CO. The molecule has 0 bridgehead atoms. The van der Waals surface area contributed by atoms with Gasteiger partial charge in [0.25, 0.3) is 0 Å². The molecule has 1 saturated heterocycles. The van der Waals surface area contributed by atoms with Crippen LogP contribution in [0, 0.1) is 11.8 Å². The summed E-state index contributed by atoms with van der Waals surface area (Å²) in [6.07, 6.45) is 2.70. The second-order valence-electron chi connectivity index (χ2n) is 7.66. The standard InChI is InChI=1S/C20H28N2O4/c1-13(2)10-22-17(11-23)19(26-12-18(22)24)14-6-8-16(9-7-14)21-20(25)15-4-3-5-15/h6-9,13,15,17,19,23H,3-5,10-12H2,1-2H3,(H,21,25)/t17-,19-/m1/s1. The van der Waals surface area contributed by atoms with Gasteiger partial charge >= 0.3 is 0 Å². The number of hydrogen-bond acceptors (Lipinski definition) is 4. The van der Waals surface area contributed by atoms with E-state index in [-0.39, 0.29) is 37.0 Å². The Balaban J connectivity index is 1.70. The van der Waals surface area contributed by atoms with Crippen LogP contribution >= 0.6 is 0 Å². The molecule has 2 atom stereocenters. The lowest BCUT2D eigenvalue weighted by Gasteiger charge is -2.41. The number of anilines is 1. The zero-order valence-corrected chi connectivity index (χ0v) is 15.5. The molecule has 0 unspecified atom stereocenters. The smallest absolute Gasteiger partial charge is 0.249 e. The van der Waals surface area contributed by atoms with Crippen molar-refractivity contribution in [1.82, 2.24) is 4.90 Å². The summed E-state index contributed by atoms with van der Waals surface area (Å²) in [4.78, 5) is 26.0. The molecule has 2 N–H and O–H groups in total. The Morgan fingerprint density at radius 3 is 2.54 bits per heavy atom. The first kappa shape index (κ1) is 18.9. The molecule has 1 heterocycles. The Morgan fingerprint density at radius 1 is 1.31 bits per heavy atom. The minimum Gasteiger partial charge on any atom is -0.394 e. The molecule has 142 valence electrons. The Kier molecular flexibility index (Phi) is 5.94. The number of amides is 2. The number of hydrogen-bond donors (Lipinski definition) is 2. The number of carbonyl (C=O) groups is 2. The van der Waals surface area contributed by atoms with E-state index >= 15 is 0 Å². The fourth-order valence-corrected chi connectivity index (χ4v) is 3.52. The van der Waals surface area contributed by atoms with Crippen molar-refractivity contribution in [3.8, 4) is 0 Å². The van der Waals surface area contributed by atoms with E-state index in [1.54, 1.807) is 4.90 Å². The van der Waals surface area contributed by atoms with Gasteiger partial charge in [-0.2, -0.15) is 0 Å². The van der Waals surface area contributed by atoms with Crippen molar-refractivity contribution in [3.05, 3.63) is 29.8 Å². The van der Waals surface area contributed by atoms with Crippen LogP contribution in [0.4, 0.5) is 5.69 Å². The molecule has 2 amide bonds. The number of rotatable bonds is 6. The minimum absolute atomic E-state index is 0.0219. The molecular formula is C20H28N2O4. The zero-order chi connectivity index (χ0) is 18.7. The first-order chi connectivity index (χ1) is 12.5. The highest BCUT2D eigenvalue weighted by Crippen LogP contribution is 2.31. The molecule has 1 saturated carbocycles. The summed E-state index contributed by atoms with van der Waals surface area (Å²) in [6, 6.07) is 7.11. The van der Waals surface area contributed by atoms with Crippen molar-refractivity contribution in [2.75, 3.05) is 25.1 Å². The number of morpholine rings is 1. The molecule has 1 aliphatic carbocycles. The molecule has 6 heteroatoms. The number of benzene rings is 1. The maximum atomic E-state index is 12.2. The summed E-state index contributed by atoms with van der Waals surface area (Å²) < 4.78 is 5.74. The van der Waals surface area contributed by atoms with Gasteiger partial charge in [-0.3, -0.25) is 9.59 Å².